The molecule has 1 heterocycles. The summed E-state index contributed by atoms with van der Waals surface area (Å²) in [7, 11) is 0. The molecule has 52 valence electrons. The van der Waals surface area contributed by atoms with Crippen molar-refractivity contribution in [1.29, 1.82) is 5.26 Å². The first-order chi connectivity index (χ1) is 4.87. The van der Waals surface area contributed by atoms with Gasteiger partial charge in [0, 0.05) is 0 Å². The Kier molecular flexibility index (Phi) is 1.09. The van der Waals surface area contributed by atoms with Gasteiger partial charge < -0.3 is 4.74 Å². The predicted octanol–water partition coefficient (Wildman–Crippen LogP) is 1.39. The number of nitrogens with zero attached hydrogens (tertiary/aromatic N) is 1. The summed E-state index contributed by atoms with van der Waals surface area (Å²) >= 11 is 0. The lowest BCUT2D eigenvalue weighted by Crippen LogP contribution is -2.13. The van der Waals surface area contributed by atoms with Gasteiger partial charge in [0.1, 0.15) is 5.60 Å². The summed E-state index contributed by atoms with van der Waals surface area (Å²) in [5, 5.41) is 8.51. The molecule has 10 heavy (non-hydrogen) atoms. The zero-order valence-electron chi connectivity index (χ0n) is 5.71. The van der Waals surface area contributed by atoms with Crippen LogP contribution in [0, 0.1) is 11.3 Å². The van der Waals surface area contributed by atoms with Gasteiger partial charge >= 0.3 is 0 Å². The lowest BCUT2D eigenvalue weighted by atomic mass is 9.93. The molecule has 1 aliphatic carbocycles. The van der Waals surface area contributed by atoms with Gasteiger partial charge in [0.15, 0.2) is 6.10 Å². The SMILES string of the molecule is N#C[C@H]1O[C@]12C=CCCC2. The zero-order valence-corrected chi connectivity index (χ0v) is 5.71. The van der Waals surface area contributed by atoms with Crippen LogP contribution in [0.15, 0.2) is 12.2 Å². The predicted molar refractivity (Wildman–Crippen MR) is 36.2 cm³/mol. The molecular weight excluding hydrogens is 126 g/mol. The van der Waals surface area contributed by atoms with Gasteiger partial charge in [0.05, 0.1) is 6.07 Å². The van der Waals surface area contributed by atoms with E-state index in [9.17, 15) is 0 Å². The van der Waals surface area contributed by atoms with Crippen molar-refractivity contribution in [2.24, 2.45) is 0 Å². The Balaban J connectivity index is 2.13. The van der Waals surface area contributed by atoms with Crippen molar-refractivity contribution < 1.29 is 4.74 Å². The number of rotatable bonds is 0. The molecule has 1 fully saturated rings. The Morgan fingerprint density at radius 1 is 1.70 bits per heavy atom. The Labute approximate surface area is 60.1 Å². The molecule has 0 N–H and O–H groups in total. The summed E-state index contributed by atoms with van der Waals surface area (Å²) in [4.78, 5) is 0. The molecule has 2 atom stereocenters. The summed E-state index contributed by atoms with van der Waals surface area (Å²) in [5.41, 5.74) is -0.146. The minimum atomic E-state index is -0.149. The molecule has 0 saturated carbocycles. The number of hydrogen-bond donors (Lipinski definition) is 0. The lowest BCUT2D eigenvalue weighted by molar-refractivity contribution is 0.318. The first kappa shape index (κ1) is 5.94. The zero-order chi connectivity index (χ0) is 7.03. The molecule has 1 spiro atoms. The van der Waals surface area contributed by atoms with E-state index >= 15 is 0 Å². The van der Waals surface area contributed by atoms with Gasteiger partial charge in [0.2, 0.25) is 0 Å². The first-order valence-corrected chi connectivity index (χ1v) is 3.62. The monoisotopic (exact) mass is 135 g/mol. The second kappa shape index (κ2) is 1.83. The van der Waals surface area contributed by atoms with Gasteiger partial charge in [-0.15, -0.1) is 0 Å². The highest BCUT2D eigenvalue weighted by atomic mass is 16.6. The minimum absolute atomic E-state index is 0.146. The van der Waals surface area contributed by atoms with Gasteiger partial charge in [-0.05, 0) is 19.3 Å². The van der Waals surface area contributed by atoms with Crippen molar-refractivity contribution in [2.45, 2.75) is 31.0 Å². The molecule has 0 aromatic heterocycles. The number of nitriles is 1. The molecule has 2 rings (SSSR count). The van der Waals surface area contributed by atoms with E-state index in [1.165, 1.54) is 0 Å². The van der Waals surface area contributed by atoms with Crippen molar-refractivity contribution in [3.63, 3.8) is 0 Å². The van der Waals surface area contributed by atoms with E-state index in [1.807, 2.05) is 6.08 Å². The average molecular weight is 135 g/mol. The number of hydrogen-bond acceptors (Lipinski definition) is 2. The van der Waals surface area contributed by atoms with E-state index in [0.717, 1.165) is 19.3 Å². The van der Waals surface area contributed by atoms with Crippen LogP contribution in [-0.4, -0.2) is 11.7 Å². The third-order valence-corrected chi connectivity index (χ3v) is 2.18. The molecule has 0 aromatic carbocycles. The van der Waals surface area contributed by atoms with E-state index in [-0.39, 0.29) is 11.7 Å². The van der Waals surface area contributed by atoms with Gasteiger partial charge in [-0.3, -0.25) is 0 Å². The standard InChI is InChI=1S/C8H9NO/c9-6-7-8(10-7)4-2-1-3-5-8/h2,4,7H,1,3,5H2/t7-,8+/m1/s1. The van der Waals surface area contributed by atoms with E-state index in [4.69, 9.17) is 10.00 Å². The normalized spacial score (nSPS) is 43.3. The first-order valence-electron chi connectivity index (χ1n) is 3.62. The van der Waals surface area contributed by atoms with Crippen LogP contribution in [0.3, 0.4) is 0 Å². The van der Waals surface area contributed by atoms with Crippen LogP contribution in [0.2, 0.25) is 0 Å². The molecule has 2 heteroatoms. The smallest absolute Gasteiger partial charge is 0.177 e. The molecule has 2 aliphatic rings. The molecule has 1 saturated heterocycles. The number of epoxide rings is 1. The van der Waals surface area contributed by atoms with Crippen molar-refractivity contribution in [3.8, 4) is 6.07 Å². The minimum Gasteiger partial charge on any atom is -0.345 e. The summed E-state index contributed by atoms with van der Waals surface area (Å²) in [6, 6.07) is 2.13. The van der Waals surface area contributed by atoms with Gasteiger partial charge in [-0.1, -0.05) is 12.2 Å². The van der Waals surface area contributed by atoms with Crippen molar-refractivity contribution in [2.75, 3.05) is 0 Å². The second-order valence-electron chi connectivity index (χ2n) is 2.88. The molecule has 2 nitrogen and oxygen atoms in total. The molecular formula is C8H9NO. The van der Waals surface area contributed by atoms with E-state index in [2.05, 4.69) is 12.1 Å². The summed E-state index contributed by atoms with van der Waals surface area (Å²) < 4.78 is 5.25. The highest BCUT2D eigenvalue weighted by molar-refractivity contribution is 5.25. The Morgan fingerprint density at radius 2 is 2.60 bits per heavy atom. The van der Waals surface area contributed by atoms with Crippen LogP contribution in [0.25, 0.3) is 0 Å². The molecule has 0 unspecified atom stereocenters. The summed E-state index contributed by atoms with van der Waals surface area (Å²) in [6.45, 7) is 0. The third-order valence-electron chi connectivity index (χ3n) is 2.18. The fourth-order valence-electron chi connectivity index (χ4n) is 1.50. The van der Waals surface area contributed by atoms with E-state index < -0.39 is 0 Å². The largest absolute Gasteiger partial charge is 0.345 e. The van der Waals surface area contributed by atoms with Gasteiger partial charge in [-0.25, -0.2) is 0 Å². The number of allylic oxidation sites excluding steroid dienone is 1. The highest BCUT2D eigenvalue weighted by Crippen LogP contribution is 2.44. The maximum absolute atomic E-state index is 8.51. The average Bonchev–Trinajstić information content (AvgIpc) is 2.65. The maximum Gasteiger partial charge on any atom is 0.177 e. The summed E-state index contributed by atoms with van der Waals surface area (Å²) in [6.07, 6.45) is 7.34. The topological polar surface area (TPSA) is 36.3 Å². The van der Waals surface area contributed by atoms with Crippen LogP contribution in [0.5, 0.6) is 0 Å². The molecule has 0 aromatic rings. The van der Waals surface area contributed by atoms with E-state index in [0.29, 0.717) is 0 Å². The lowest BCUT2D eigenvalue weighted by Gasteiger charge is -2.09. The molecule has 0 amide bonds. The third kappa shape index (κ3) is 0.676. The van der Waals surface area contributed by atoms with Crippen LogP contribution in [0.1, 0.15) is 19.3 Å². The van der Waals surface area contributed by atoms with Crippen LogP contribution < -0.4 is 0 Å². The van der Waals surface area contributed by atoms with Gasteiger partial charge in [0.25, 0.3) is 0 Å². The Morgan fingerprint density at radius 3 is 3.10 bits per heavy atom. The Bertz CT molecular complexity index is 216. The summed E-state index contributed by atoms with van der Waals surface area (Å²) in [5.74, 6) is 0. The maximum atomic E-state index is 8.51. The van der Waals surface area contributed by atoms with Crippen LogP contribution in [-0.2, 0) is 4.74 Å². The quantitative estimate of drug-likeness (QED) is 0.371. The fraction of sp³-hybridized carbons (Fsp3) is 0.625. The number of ether oxygens (including phenoxy) is 1. The van der Waals surface area contributed by atoms with Crippen LogP contribution in [0.4, 0.5) is 0 Å². The van der Waals surface area contributed by atoms with Crippen LogP contribution >= 0.6 is 0 Å². The van der Waals surface area contributed by atoms with Crippen molar-refractivity contribution >= 4 is 0 Å². The Hall–Kier alpha value is -0.810. The second-order valence-corrected chi connectivity index (χ2v) is 2.88. The van der Waals surface area contributed by atoms with Gasteiger partial charge in [-0.2, -0.15) is 5.26 Å². The van der Waals surface area contributed by atoms with E-state index in [1.54, 1.807) is 0 Å². The van der Waals surface area contributed by atoms with Crippen molar-refractivity contribution in [3.05, 3.63) is 12.2 Å². The molecule has 0 bridgehead atoms. The highest BCUT2D eigenvalue weighted by Gasteiger charge is 2.55. The molecule has 0 radical (unpaired) electrons. The van der Waals surface area contributed by atoms with Crippen molar-refractivity contribution in [1.82, 2.24) is 0 Å². The fourth-order valence-corrected chi connectivity index (χ4v) is 1.50. The molecule has 1 aliphatic heterocycles.